The Morgan fingerprint density at radius 1 is 1.57 bits per heavy atom. The highest BCUT2D eigenvalue weighted by atomic mass is 16.2. The van der Waals surface area contributed by atoms with Crippen LogP contribution in [0.25, 0.3) is 0 Å². The fourth-order valence-corrected chi connectivity index (χ4v) is 1.80. The maximum Gasteiger partial charge on any atom is 0.317 e. The van der Waals surface area contributed by atoms with E-state index >= 15 is 0 Å². The summed E-state index contributed by atoms with van der Waals surface area (Å²) in [5.74, 6) is 0.761. The molecule has 2 amide bonds. The Kier molecular flexibility index (Phi) is 2.91. The summed E-state index contributed by atoms with van der Waals surface area (Å²) >= 11 is 0. The van der Waals surface area contributed by atoms with Crippen LogP contribution >= 0.6 is 0 Å². The minimum Gasteiger partial charge on any atom is -0.338 e. The van der Waals surface area contributed by atoms with Gasteiger partial charge in [-0.2, -0.15) is 0 Å². The largest absolute Gasteiger partial charge is 0.338 e. The molecule has 1 atom stereocenters. The van der Waals surface area contributed by atoms with E-state index in [1.165, 1.54) is 12.8 Å². The van der Waals surface area contributed by atoms with Gasteiger partial charge in [-0.1, -0.05) is 0 Å². The predicted molar refractivity (Wildman–Crippen MR) is 55.2 cm³/mol. The monoisotopic (exact) mass is 197 g/mol. The number of rotatable bonds is 2. The van der Waals surface area contributed by atoms with Crippen LogP contribution in [0.1, 0.15) is 19.8 Å². The van der Waals surface area contributed by atoms with Gasteiger partial charge in [0, 0.05) is 32.2 Å². The van der Waals surface area contributed by atoms with Crippen molar-refractivity contribution in [2.75, 3.05) is 26.2 Å². The van der Waals surface area contributed by atoms with Gasteiger partial charge in [-0.05, 0) is 25.7 Å². The molecule has 1 heterocycles. The molecule has 0 aromatic rings. The summed E-state index contributed by atoms with van der Waals surface area (Å²) < 4.78 is 0. The van der Waals surface area contributed by atoms with Crippen LogP contribution in [0.2, 0.25) is 0 Å². The van der Waals surface area contributed by atoms with Crippen molar-refractivity contribution in [2.24, 2.45) is 5.92 Å². The minimum absolute atomic E-state index is 0.117. The Morgan fingerprint density at radius 2 is 2.36 bits per heavy atom. The molecule has 1 saturated carbocycles. The van der Waals surface area contributed by atoms with E-state index < -0.39 is 0 Å². The topological polar surface area (TPSA) is 44.4 Å². The van der Waals surface area contributed by atoms with Crippen LogP contribution in [0.4, 0.5) is 4.79 Å². The van der Waals surface area contributed by atoms with Crippen LogP contribution in [0.3, 0.4) is 0 Å². The van der Waals surface area contributed by atoms with E-state index in [1.54, 1.807) is 0 Å². The maximum absolute atomic E-state index is 11.7. The summed E-state index contributed by atoms with van der Waals surface area (Å²) in [6.45, 7) is 5.62. The van der Waals surface area contributed by atoms with Crippen molar-refractivity contribution >= 4 is 6.03 Å². The minimum atomic E-state index is 0.117. The van der Waals surface area contributed by atoms with Gasteiger partial charge in [0.05, 0.1) is 0 Å². The Morgan fingerprint density at radius 3 is 3.00 bits per heavy atom. The Hall–Kier alpha value is -0.770. The number of amides is 2. The normalized spacial score (nSPS) is 27.5. The first-order valence-electron chi connectivity index (χ1n) is 5.52. The van der Waals surface area contributed by atoms with E-state index in [0.29, 0.717) is 6.04 Å². The second-order valence-electron chi connectivity index (χ2n) is 4.38. The number of urea groups is 1. The lowest BCUT2D eigenvalue weighted by atomic mass is 10.2. The van der Waals surface area contributed by atoms with Crippen LogP contribution in [-0.4, -0.2) is 43.2 Å². The first-order chi connectivity index (χ1) is 6.77. The molecule has 1 saturated heterocycles. The van der Waals surface area contributed by atoms with Gasteiger partial charge < -0.3 is 15.5 Å². The summed E-state index contributed by atoms with van der Waals surface area (Å²) in [7, 11) is 0. The summed E-state index contributed by atoms with van der Waals surface area (Å²) in [5, 5.41) is 6.28. The van der Waals surface area contributed by atoms with Crippen molar-refractivity contribution < 1.29 is 4.79 Å². The van der Waals surface area contributed by atoms with Crippen LogP contribution in [0, 0.1) is 5.92 Å². The molecule has 4 nitrogen and oxygen atoms in total. The van der Waals surface area contributed by atoms with E-state index in [-0.39, 0.29) is 6.03 Å². The van der Waals surface area contributed by atoms with Gasteiger partial charge >= 0.3 is 6.03 Å². The quantitative estimate of drug-likeness (QED) is 0.673. The van der Waals surface area contributed by atoms with Crippen LogP contribution in [0.5, 0.6) is 0 Å². The van der Waals surface area contributed by atoms with Gasteiger partial charge in [-0.15, -0.1) is 0 Å². The third kappa shape index (κ3) is 2.38. The van der Waals surface area contributed by atoms with Gasteiger partial charge in [0.1, 0.15) is 0 Å². The fourth-order valence-electron chi connectivity index (χ4n) is 1.80. The van der Waals surface area contributed by atoms with Gasteiger partial charge in [-0.25, -0.2) is 4.79 Å². The lowest BCUT2D eigenvalue weighted by Gasteiger charge is -2.33. The Labute approximate surface area is 85.0 Å². The molecule has 1 aliphatic heterocycles. The first kappa shape index (κ1) is 9.77. The summed E-state index contributed by atoms with van der Waals surface area (Å²) in [6.07, 6.45) is 2.58. The van der Waals surface area contributed by atoms with Crippen LogP contribution in [0.15, 0.2) is 0 Å². The third-order valence-electron chi connectivity index (χ3n) is 3.00. The molecule has 1 unspecified atom stereocenters. The van der Waals surface area contributed by atoms with E-state index in [0.717, 1.165) is 32.1 Å². The van der Waals surface area contributed by atoms with Crippen molar-refractivity contribution in [2.45, 2.75) is 25.8 Å². The van der Waals surface area contributed by atoms with E-state index in [9.17, 15) is 4.79 Å². The second kappa shape index (κ2) is 4.17. The van der Waals surface area contributed by atoms with Crippen molar-refractivity contribution in [1.29, 1.82) is 0 Å². The molecular formula is C10H19N3O. The number of hydrogen-bond acceptors (Lipinski definition) is 2. The van der Waals surface area contributed by atoms with Crippen molar-refractivity contribution in [3.8, 4) is 0 Å². The first-order valence-corrected chi connectivity index (χ1v) is 5.52. The smallest absolute Gasteiger partial charge is 0.317 e. The van der Waals surface area contributed by atoms with Crippen molar-refractivity contribution in [1.82, 2.24) is 15.5 Å². The average Bonchev–Trinajstić information content (AvgIpc) is 2.98. The highest BCUT2D eigenvalue weighted by Gasteiger charge is 2.26. The Bertz CT molecular complexity index is 215. The molecule has 0 aromatic heterocycles. The lowest BCUT2D eigenvalue weighted by molar-refractivity contribution is 0.164. The molecule has 2 aliphatic rings. The zero-order valence-corrected chi connectivity index (χ0v) is 8.75. The molecule has 14 heavy (non-hydrogen) atoms. The van der Waals surface area contributed by atoms with Crippen molar-refractivity contribution in [3.63, 3.8) is 0 Å². The number of hydrogen-bond donors (Lipinski definition) is 2. The van der Waals surface area contributed by atoms with E-state index in [1.807, 2.05) is 4.90 Å². The highest BCUT2D eigenvalue weighted by molar-refractivity contribution is 5.74. The zero-order chi connectivity index (χ0) is 9.97. The third-order valence-corrected chi connectivity index (χ3v) is 3.00. The lowest BCUT2D eigenvalue weighted by Crippen LogP contribution is -2.55. The maximum atomic E-state index is 11.7. The number of piperazine rings is 1. The second-order valence-corrected chi connectivity index (χ2v) is 4.38. The predicted octanol–water partition coefficient (Wildman–Crippen LogP) is 0.400. The molecule has 80 valence electrons. The van der Waals surface area contributed by atoms with Gasteiger partial charge in [-0.3, -0.25) is 0 Å². The van der Waals surface area contributed by atoms with Gasteiger partial charge in [0.25, 0.3) is 0 Å². The molecule has 1 aliphatic carbocycles. The number of nitrogens with one attached hydrogen (secondary N) is 2. The van der Waals surface area contributed by atoms with Crippen LogP contribution in [-0.2, 0) is 0 Å². The van der Waals surface area contributed by atoms with Gasteiger partial charge in [0.15, 0.2) is 0 Å². The SMILES string of the molecule is CC1CNCCN1C(=O)NCC1CC1. The average molecular weight is 197 g/mol. The molecule has 2 rings (SSSR count). The molecule has 0 radical (unpaired) electrons. The summed E-state index contributed by atoms with van der Waals surface area (Å²) in [5.41, 5.74) is 0. The molecule has 0 bridgehead atoms. The highest BCUT2D eigenvalue weighted by Crippen LogP contribution is 2.27. The fraction of sp³-hybridized carbons (Fsp3) is 0.900. The molecule has 0 spiro atoms. The zero-order valence-electron chi connectivity index (χ0n) is 8.75. The van der Waals surface area contributed by atoms with E-state index in [4.69, 9.17) is 0 Å². The molecule has 4 heteroatoms. The van der Waals surface area contributed by atoms with Crippen molar-refractivity contribution in [3.05, 3.63) is 0 Å². The molecule has 2 N–H and O–H groups in total. The molecular weight excluding hydrogens is 178 g/mol. The van der Waals surface area contributed by atoms with Gasteiger partial charge in [0.2, 0.25) is 0 Å². The summed E-state index contributed by atoms with van der Waals surface area (Å²) in [6, 6.07) is 0.439. The van der Waals surface area contributed by atoms with E-state index in [2.05, 4.69) is 17.6 Å². The van der Waals surface area contributed by atoms with Crippen LogP contribution < -0.4 is 10.6 Å². The summed E-state index contributed by atoms with van der Waals surface area (Å²) in [4.78, 5) is 13.7. The number of carbonyl (C=O) groups excluding carboxylic acids is 1. The molecule has 0 aromatic carbocycles. The standard InChI is InChI=1S/C10H19N3O/c1-8-6-11-4-5-13(8)10(14)12-7-9-2-3-9/h8-9,11H,2-7H2,1H3,(H,12,14). The number of nitrogens with zero attached hydrogens (tertiary/aromatic N) is 1. The Balaban J connectivity index is 1.76. The molecule has 2 fully saturated rings. The number of carbonyl (C=O) groups is 1.